The summed E-state index contributed by atoms with van der Waals surface area (Å²) in [5.41, 5.74) is 2.21. The Labute approximate surface area is 142 Å². The summed E-state index contributed by atoms with van der Waals surface area (Å²) in [6.07, 6.45) is 0. The Bertz CT molecular complexity index is 682. The van der Waals surface area contributed by atoms with Crippen LogP contribution in [-0.4, -0.2) is 33.8 Å². The summed E-state index contributed by atoms with van der Waals surface area (Å²) in [4.78, 5) is 11.2. The topological polar surface area (TPSA) is 56.8 Å². The monoisotopic (exact) mass is 329 g/mol. The van der Waals surface area contributed by atoms with E-state index in [4.69, 9.17) is 14.2 Å². The summed E-state index contributed by atoms with van der Waals surface area (Å²) < 4.78 is 16.1. The van der Waals surface area contributed by atoms with Crippen molar-refractivity contribution in [1.29, 1.82) is 0 Å². The number of amides is 1. The van der Waals surface area contributed by atoms with Crippen LogP contribution in [0.1, 0.15) is 24.0 Å². The van der Waals surface area contributed by atoms with Crippen molar-refractivity contribution in [2.75, 3.05) is 27.9 Å². The normalized spacial score (nSPS) is 11.5. The number of ether oxygens (including phenoxy) is 3. The lowest BCUT2D eigenvalue weighted by molar-refractivity contribution is -0.122. The van der Waals surface area contributed by atoms with Crippen molar-refractivity contribution < 1.29 is 19.0 Å². The lowest BCUT2D eigenvalue weighted by Gasteiger charge is -2.17. The third-order valence-corrected chi connectivity index (χ3v) is 3.94. The molecule has 0 aliphatic rings. The smallest absolute Gasteiger partial charge is 0.257 e. The Morgan fingerprint density at radius 2 is 1.71 bits per heavy atom. The van der Waals surface area contributed by atoms with Crippen LogP contribution in [0.4, 0.5) is 0 Å². The van der Waals surface area contributed by atoms with Crippen molar-refractivity contribution in [2.24, 2.45) is 0 Å². The molecule has 0 aliphatic carbocycles. The molecule has 1 atom stereocenters. The zero-order valence-electron chi connectivity index (χ0n) is 14.5. The first-order valence-corrected chi connectivity index (χ1v) is 7.74. The molecular weight excluding hydrogens is 306 g/mol. The fourth-order valence-electron chi connectivity index (χ4n) is 2.43. The maximum Gasteiger partial charge on any atom is 0.257 e. The predicted molar refractivity (Wildman–Crippen MR) is 93.1 cm³/mol. The first kappa shape index (κ1) is 17.7. The highest BCUT2D eigenvalue weighted by molar-refractivity contribution is 5.77. The molecule has 1 N–H and O–H groups in total. The van der Waals surface area contributed by atoms with E-state index in [0.717, 1.165) is 22.6 Å². The number of hydrogen-bond donors (Lipinski definition) is 1. The molecule has 0 aromatic heterocycles. The molecule has 0 aliphatic heterocycles. The van der Waals surface area contributed by atoms with Gasteiger partial charge in [-0.25, -0.2) is 0 Å². The predicted octanol–water partition coefficient (Wildman–Crippen LogP) is 2.98. The van der Waals surface area contributed by atoms with Gasteiger partial charge in [0.25, 0.3) is 5.91 Å². The molecule has 5 nitrogen and oxygen atoms in total. The molecule has 128 valence electrons. The number of benzene rings is 2. The standard InChI is InChI=1S/C19H23NO4/c1-13(17-10-9-16(22-3)11-18(17)23-4)14-5-7-15(8-6-14)24-12-19(21)20-2/h5-11,13H,12H2,1-4H3,(H,20,21). The first-order valence-electron chi connectivity index (χ1n) is 7.74. The lowest BCUT2D eigenvalue weighted by Crippen LogP contribution is -2.24. The third-order valence-electron chi connectivity index (χ3n) is 3.94. The van der Waals surface area contributed by atoms with Gasteiger partial charge in [0, 0.05) is 24.6 Å². The molecule has 2 aromatic rings. The van der Waals surface area contributed by atoms with Crippen LogP contribution in [0.15, 0.2) is 42.5 Å². The Kier molecular flexibility index (Phi) is 6.07. The lowest BCUT2D eigenvalue weighted by atomic mass is 9.92. The average Bonchev–Trinajstić information content (AvgIpc) is 2.65. The summed E-state index contributed by atoms with van der Waals surface area (Å²) >= 11 is 0. The molecule has 0 bridgehead atoms. The van der Waals surface area contributed by atoms with E-state index in [1.165, 1.54) is 0 Å². The third kappa shape index (κ3) is 4.19. The van der Waals surface area contributed by atoms with Crippen LogP contribution in [0.5, 0.6) is 17.2 Å². The first-order chi connectivity index (χ1) is 11.6. The summed E-state index contributed by atoms with van der Waals surface area (Å²) in [5, 5.41) is 2.52. The second-order valence-electron chi connectivity index (χ2n) is 5.36. The molecule has 0 spiro atoms. The van der Waals surface area contributed by atoms with Crippen molar-refractivity contribution >= 4 is 5.91 Å². The van der Waals surface area contributed by atoms with Gasteiger partial charge in [0.05, 0.1) is 14.2 Å². The average molecular weight is 329 g/mol. The van der Waals surface area contributed by atoms with Gasteiger partial charge < -0.3 is 19.5 Å². The van der Waals surface area contributed by atoms with Gasteiger partial charge in [-0.05, 0) is 23.8 Å². The van der Waals surface area contributed by atoms with Crippen LogP contribution in [-0.2, 0) is 4.79 Å². The van der Waals surface area contributed by atoms with E-state index in [-0.39, 0.29) is 18.4 Å². The van der Waals surface area contributed by atoms with Gasteiger partial charge in [0.1, 0.15) is 17.2 Å². The highest BCUT2D eigenvalue weighted by Gasteiger charge is 2.14. The van der Waals surface area contributed by atoms with E-state index in [9.17, 15) is 4.79 Å². The van der Waals surface area contributed by atoms with Gasteiger partial charge >= 0.3 is 0 Å². The minimum Gasteiger partial charge on any atom is -0.497 e. The number of nitrogens with one attached hydrogen (secondary N) is 1. The van der Waals surface area contributed by atoms with Gasteiger partial charge in [0.15, 0.2) is 6.61 Å². The highest BCUT2D eigenvalue weighted by Crippen LogP contribution is 2.34. The minimum absolute atomic E-state index is 0.0116. The zero-order valence-corrected chi connectivity index (χ0v) is 14.5. The summed E-state index contributed by atoms with van der Waals surface area (Å²) in [6.45, 7) is 2.13. The molecule has 1 amide bonds. The number of rotatable bonds is 7. The molecule has 2 rings (SSSR count). The fraction of sp³-hybridized carbons (Fsp3) is 0.316. The molecule has 24 heavy (non-hydrogen) atoms. The van der Waals surface area contributed by atoms with Crippen molar-refractivity contribution in [3.05, 3.63) is 53.6 Å². The summed E-state index contributed by atoms with van der Waals surface area (Å²) in [5.74, 6) is 2.22. The van der Waals surface area contributed by atoms with Gasteiger partial charge in [0.2, 0.25) is 0 Å². The second kappa shape index (κ2) is 8.24. The van der Waals surface area contributed by atoms with E-state index in [1.54, 1.807) is 21.3 Å². The molecule has 5 heteroatoms. The number of methoxy groups -OCH3 is 2. The van der Waals surface area contributed by atoms with Crippen molar-refractivity contribution in [3.8, 4) is 17.2 Å². The van der Waals surface area contributed by atoms with Crippen LogP contribution < -0.4 is 19.5 Å². The Morgan fingerprint density at radius 3 is 2.29 bits per heavy atom. The molecule has 0 saturated heterocycles. The van der Waals surface area contributed by atoms with Gasteiger partial charge in [-0.2, -0.15) is 0 Å². The Hall–Kier alpha value is -2.69. The van der Waals surface area contributed by atoms with Crippen molar-refractivity contribution in [1.82, 2.24) is 5.32 Å². The van der Waals surface area contributed by atoms with Gasteiger partial charge in [-0.15, -0.1) is 0 Å². The minimum atomic E-state index is -0.157. The Balaban J connectivity index is 2.15. The van der Waals surface area contributed by atoms with E-state index >= 15 is 0 Å². The van der Waals surface area contributed by atoms with E-state index < -0.39 is 0 Å². The van der Waals surface area contributed by atoms with Crippen molar-refractivity contribution in [2.45, 2.75) is 12.8 Å². The molecule has 0 radical (unpaired) electrons. The zero-order chi connectivity index (χ0) is 17.5. The number of carbonyl (C=O) groups excluding carboxylic acids is 1. The summed E-state index contributed by atoms with van der Waals surface area (Å²) in [7, 11) is 4.87. The quantitative estimate of drug-likeness (QED) is 0.848. The SMILES string of the molecule is CNC(=O)COc1ccc(C(C)c2ccc(OC)cc2OC)cc1. The summed E-state index contributed by atoms with van der Waals surface area (Å²) in [6, 6.07) is 13.5. The van der Waals surface area contributed by atoms with E-state index in [0.29, 0.717) is 5.75 Å². The molecular formula is C19H23NO4. The molecule has 0 fully saturated rings. The van der Waals surface area contributed by atoms with Crippen LogP contribution >= 0.6 is 0 Å². The molecule has 0 saturated carbocycles. The van der Waals surface area contributed by atoms with E-state index in [2.05, 4.69) is 12.2 Å². The highest BCUT2D eigenvalue weighted by atomic mass is 16.5. The van der Waals surface area contributed by atoms with Crippen LogP contribution in [0, 0.1) is 0 Å². The molecule has 1 unspecified atom stereocenters. The second-order valence-corrected chi connectivity index (χ2v) is 5.36. The number of carbonyl (C=O) groups is 1. The van der Waals surface area contributed by atoms with Crippen molar-refractivity contribution in [3.63, 3.8) is 0 Å². The maximum atomic E-state index is 11.2. The molecule has 2 aromatic carbocycles. The van der Waals surface area contributed by atoms with Gasteiger partial charge in [-0.3, -0.25) is 4.79 Å². The van der Waals surface area contributed by atoms with Crippen LogP contribution in [0.25, 0.3) is 0 Å². The molecule has 0 heterocycles. The fourth-order valence-corrected chi connectivity index (χ4v) is 2.43. The van der Waals surface area contributed by atoms with Crippen LogP contribution in [0.2, 0.25) is 0 Å². The van der Waals surface area contributed by atoms with Gasteiger partial charge in [-0.1, -0.05) is 25.1 Å². The maximum absolute atomic E-state index is 11.2. The van der Waals surface area contributed by atoms with Crippen LogP contribution in [0.3, 0.4) is 0 Å². The number of likely N-dealkylation sites (N-methyl/N-ethyl adjacent to an activating group) is 1. The van der Waals surface area contributed by atoms with E-state index in [1.807, 2.05) is 42.5 Å². The largest absolute Gasteiger partial charge is 0.497 e. The Morgan fingerprint density at radius 1 is 1.04 bits per heavy atom. The number of hydrogen-bond acceptors (Lipinski definition) is 4.